The van der Waals surface area contributed by atoms with Crippen LogP contribution in [0.1, 0.15) is 0 Å². The minimum atomic E-state index is -0.573. The average molecular weight is 306 g/mol. The van der Waals surface area contributed by atoms with Crippen LogP contribution in [0, 0.1) is 10.1 Å². The minimum absolute atomic E-state index is 0. The van der Waals surface area contributed by atoms with E-state index in [-0.39, 0.29) is 28.3 Å². The molecule has 1 rings (SSSR count). The van der Waals surface area contributed by atoms with Crippen molar-refractivity contribution < 1.29 is 8.77 Å². The van der Waals surface area contributed by atoms with Gasteiger partial charge in [-0.05, 0) is 0 Å². The van der Waals surface area contributed by atoms with Crippen LogP contribution in [0.2, 0.25) is 0 Å². The average Bonchev–Trinajstić information content (AvgIpc) is 2.06. The van der Waals surface area contributed by atoms with E-state index in [0.29, 0.717) is 0 Å². The van der Waals surface area contributed by atoms with Gasteiger partial charge in [0.1, 0.15) is 0 Å². The molecule has 0 saturated carbocycles. The molecule has 14 heavy (non-hydrogen) atoms. The van der Waals surface area contributed by atoms with E-state index in [1.807, 2.05) is 0 Å². The number of nitrogens with one attached hydrogen (secondary N) is 1. The summed E-state index contributed by atoms with van der Waals surface area (Å²) in [5, 5.41) is 10.00. The zero-order valence-corrected chi connectivity index (χ0v) is 9.70. The van der Waals surface area contributed by atoms with Crippen molar-refractivity contribution >= 4 is 46.5 Å². The molecular formula is C5H4Cl2N2O4Se. The van der Waals surface area contributed by atoms with E-state index < -0.39 is 4.92 Å². The van der Waals surface area contributed by atoms with Gasteiger partial charge in [-0.2, -0.15) is 3.84 Å². The predicted octanol–water partition coefficient (Wildman–Crippen LogP) is 1.21. The molecular weight excluding hydrogens is 302 g/mol. The Bertz CT molecular complexity index is 311. The Labute approximate surface area is 99.1 Å². The quantitative estimate of drug-likeness (QED) is 0.480. The molecule has 0 spiro atoms. The first-order valence-electron chi connectivity index (χ1n) is 2.84. The second kappa shape index (κ2) is 8.98. The Morgan fingerprint density at radius 1 is 1.43 bits per heavy atom. The van der Waals surface area contributed by atoms with Crippen molar-refractivity contribution in [1.82, 2.24) is 4.98 Å². The number of nitro groups is 1. The van der Waals surface area contributed by atoms with Gasteiger partial charge >= 0.3 is 0 Å². The van der Waals surface area contributed by atoms with E-state index >= 15 is 0 Å². The van der Waals surface area contributed by atoms with Crippen LogP contribution < -0.4 is 5.56 Å². The van der Waals surface area contributed by atoms with Crippen LogP contribution in [-0.2, 0) is 3.84 Å². The number of aromatic nitrogens is 1. The molecule has 9 heteroatoms. The van der Waals surface area contributed by atoms with Gasteiger partial charge < -0.3 is 4.98 Å². The number of hydrogen-bond donors (Lipinski definition) is 1. The summed E-state index contributed by atoms with van der Waals surface area (Å²) in [7, 11) is 0. The number of pyridine rings is 1. The van der Waals surface area contributed by atoms with Crippen LogP contribution in [0.15, 0.2) is 23.1 Å². The summed E-state index contributed by atoms with van der Waals surface area (Å²) in [6.07, 6.45) is 1.06. The summed E-state index contributed by atoms with van der Waals surface area (Å²) in [6, 6.07) is 2.26. The van der Waals surface area contributed by atoms with Gasteiger partial charge in [-0.25, -0.2) is 0 Å². The van der Waals surface area contributed by atoms with Crippen molar-refractivity contribution in [3.63, 3.8) is 0 Å². The monoisotopic (exact) mass is 306 g/mol. The van der Waals surface area contributed by atoms with Gasteiger partial charge in [-0.1, -0.05) is 0 Å². The van der Waals surface area contributed by atoms with Crippen molar-refractivity contribution in [3.05, 3.63) is 38.8 Å². The van der Waals surface area contributed by atoms with Gasteiger partial charge in [-0.3, -0.25) is 14.9 Å². The Morgan fingerprint density at radius 3 is 2.21 bits per heavy atom. The SMILES string of the molecule is ClOCl.O=c1ccc([N+](=O)[O-])c[nH]1.[Se]. The fraction of sp³-hybridized carbons (Fsp3) is 0. The van der Waals surface area contributed by atoms with Gasteiger partial charge in [0, 0.05) is 29.2 Å². The van der Waals surface area contributed by atoms with Crippen molar-refractivity contribution in [1.29, 1.82) is 0 Å². The maximum Gasteiger partial charge on any atom is 0.285 e. The van der Waals surface area contributed by atoms with E-state index in [0.717, 1.165) is 18.3 Å². The van der Waals surface area contributed by atoms with Crippen molar-refractivity contribution in [2.45, 2.75) is 0 Å². The summed E-state index contributed by atoms with van der Waals surface area (Å²) in [5.74, 6) is 0. The fourth-order valence-corrected chi connectivity index (χ4v) is 0.516. The fourth-order valence-electron chi connectivity index (χ4n) is 0.516. The Kier molecular flexibility index (Phi) is 10.2. The van der Waals surface area contributed by atoms with Crippen LogP contribution >= 0.6 is 23.7 Å². The summed E-state index contributed by atoms with van der Waals surface area (Å²) in [5.41, 5.74) is -0.454. The summed E-state index contributed by atoms with van der Waals surface area (Å²) in [6.45, 7) is 0. The molecule has 0 fully saturated rings. The Morgan fingerprint density at radius 2 is 1.93 bits per heavy atom. The predicted molar refractivity (Wildman–Crippen MR) is 52.3 cm³/mol. The molecule has 0 saturated heterocycles. The number of aromatic amines is 1. The first kappa shape index (κ1) is 15.9. The van der Waals surface area contributed by atoms with E-state index in [9.17, 15) is 14.9 Å². The molecule has 1 N–H and O–H groups in total. The molecule has 1 aromatic heterocycles. The van der Waals surface area contributed by atoms with Gasteiger partial charge in [0.05, 0.1) is 34.9 Å². The van der Waals surface area contributed by atoms with Gasteiger partial charge in [0.25, 0.3) is 5.69 Å². The molecule has 0 aromatic carbocycles. The van der Waals surface area contributed by atoms with Crippen molar-refractivity contribution in [2.24, 2.45) is 0 Å². The standard InChI is InChI=1S/C5H4N2O3.Cl2O.Se/c8-5-2-1-4(3-6-5)7(9)10;1-3-2;/h1-3H,(H,6,8);;. The third-order valence-corrected chi connectivity index (χ3v) is 0.979. The molecule has 78 valence electrons. The van der Waals surface area contributed by atoms with Gasteiger partial charge in [0.2, 0.25) is 5.56 Å². The van der Waals surface area contributed by atoms with E-state index in [1.165, 1.54) is 0 Å². The molecule has 0 unspecified atom stereocenters. The number of rotatable bonds is 1. The first-order chi connectivity index (χ1) is 6.11. The van der Waals surface area contributed by atoms with Gasteiger partial charge in [0.15, 0.2) is 0 Å². The second-order valence-electron chi connectivity index (χ2n) is 1.73. The third kappa shape index (κ3) is 6.88. The topological polar surface area (TPSA) is 85.2 Å². The maximum atomic E-state index is 10.4. The molecule has 0 aliphatic rings. The van der Waals surface area contributed by atoms with Crippen molar-refractivity contribution in [3.8, 4) is 0 Å². The molecule has 6 nitrogen and oxygen atoms in total. The molecule has 0 amide bonds. The summed E-state index contributed by atoms with van der Waals surface area (Å²) >= 11 is 8.53. The van der Waals surface area contributed by atoms with Crippen LogP contribution in [-0.4, -0.2) is 27.0 Å². The molecule has 1 heterocycles. The van der Waals surface area contributed by atoms with Crippen LogP contribution in [0.3, 0.4) is 0 Å². The normalized spacial score (nSPS) is 7.86. The zero-order chi connectivity index (χ0) is 10.3. The molecule has 2 radical (unpaired) electrons. The summed E-state index contributed by atoms with van der Waals surface area (Å²) < 4.78 is 3.19. The Hall–Kier alpha value is -0.591. The van der Waals surface area contributed by atoms with Crippen LogP contribution in [0.4, 0.5) is 5.69 Å². The zero-order valence-electron chi connectivity index (χ0n) is 6.48. The molecule has 0 atom stereocenters. The van der Waals surface area contributed by atoms with Gasteiger partial charge in [-0.15, -0.1) is 0 Å². The van der Waals surface area contributed by atoms with E-state index in [1.54, 1.807) is 0 Å². The van der Waals surface area contributed by atoms with E-state index in [2.05, 4.69) is 32.6 Å². The summed E-state index contributed by atoms with van der Waals surface area (Å²) in [4.78, 5) is 22.0. The largest absolute Gasteiger partial charge is 0.323 e. The number of H-pyrrole nitrogens is 1. The Balaban J connectivity index is 0. The number of nitrogens with zero attached hydrogens (tertiary/aromatic N) is 1. The van der Waals surface area contributed by atoms with Crippen LogP contribution in [0.25, 0.3) is 0 Å². The number of halogens is 2. The second-order valence-corrected chi connectivity index (χ2v) is 2.19. The smallest absolute Gasteiger partial charge is 0.285 e. The van der Waals surface area contributed by atoms with Crippen molar-refractivity contribution in [2.75, 3.05) is 0 Å². The third-order valence-electron chi connectivity index (χ3n) is 0.979. The minimum Gasteiger partial charge on any atom is -0.323 e. The van der Waals surface area contributed by atoms with E-state index in [4.69, 9.17) is 0 Å². The first-order valence-corrected chi connectivity index (χ1v) is 3.46. The number of hydrogen-bond acceptors (Lipinski definition) is 4. The molecule has 0 aliphatic heterocycles. The molecule has 0 aliphatic carbocycles. The molecule has 0 bridgehead atoms. The maximum absolute atomic E-state index is 10.4. The molecule has 1 aromatic rings. The van der Waals surface area contributed by atoms with Crippen LogP contribution in [0.5, 0.6) is 0 Å².